The average Bonchev–Trinajstić information content (AvgIpc) is 2.14. The Kier molecular flexibility index (Phi) is 3.37. The summed E-state index contributed by atoms with van der Waals surface area (Å²) in [6.45, 7) is 4.57. The van der Waals surface area contributed by atoms with E-state index in [1.54, 1.807) is 0 Å². The molecule has 3 N–H and O–H groups in total. The fraction of sp³-hybridized carbons (Fsp3) is 0.500. The maximum absolute atomic E-state index is 10.6. The van der Waals surface area contributed by atoms with Gasteiger partial charge in [-0.2, -0.15) is 4.98 Å². The quantitative estimate of drug-likeness (QED) is 0.569. The van der Waals surface area contributed by atoms with Crippen LogP contribution in [0, 0.1) is 16.0 Å². The Bertz CT molecular complexity index is 366. The van der Waals surface area contributed by atoms with Crippen LogP contribution < -0.4 is 11.1 Å². The summed E-state index contributed by atoms with van der Waals surface area (Å²) in [5.74, 6) is 0.550. The molecule has 0 saturated carbocycles. The lowest BCUT2D eigenvalue weighted by Crippen LogP contribution is -2.12. The molecule has 0 bridgehead atoms. The van der Waals surface area contributed by atoms with E-state index in [0.717, 1.165) is 6.20 Å². The van der Waals surface area contributed by atoms with Crippen LogP contribution in [0.1, 0.15) is 13.8 Å². The van der Waals surface area contributed by atoms with Crippen molar-refractivity contribution in [2.45, 2.75) is 13.8 Å². The molecule has 15 heavy (non-hydrogen) atoms. The molecule has 0 atom stereocenters. The van der Waals surface area contributed by atoms with Gasteiger partial charge in [0.2, 0.25) is 11.8 Å². The number of nitrogens with zero attached hydrogens (tertiary/aromatic N) is 3. The Morgan fingerprint density at radius 3 is 2.87 bits per heavy atom. The second kappa shape index (κ2) is 4.54. The predicted octanol–water partition coefficient (Wildman–Crippen LogP) is 1.03. The second-order valence-electron chi connectivity index (χ2n) is 3.49. The van der Waals surface area contributed by atoms with Gasteiger partial charge in [-0.25, -0.2) is 4.98 Å². The van der Waals surface area contributed by atoms with Crippen molar-refractivity contribution in [2.75, 3.05) is 17.6 Å². The van der Waals surface area contributed by atoms with Crippen LogP contribution in [0.25, 0.3) is 0 Å². The van der Waals surface area contributed by atoms with Crippen LogP contribution in [-0.2, 0) is 0 Å². The van der Waals surface area contributed by atoms with Crippen LogP contribution in [0.4, 0.5) is 17.5 Å². The van der Waals surface area contributed by atoms with Gasteiger partial charge in [-0.3, -0.25) is 10.1 Å². The van der Waals surface area contributed by atoms with Crippen molar-refractivity contribution < 1.29 is 4.92 Å². The van der Waals surface area contributed by atoms with E-state index in [4.69, 9.17) is 5.73 Å². The van der Waals surface area contributed by atoms with Crippen LogP contribution in [0.15, 0.2) is 6.20 Å². The van der Waals surface area contributed by atoms with Gasteiger partial charge < -0.3 is 11.1 Å². The molecular formula is C8H13N5O2. The van der Waals surface area contributed by atoms with Crippen molar-refractivity contribution in [3.63, 3.8) is 0 Å². The number of nitrogens with one attached hydrogen (secondary N) is 1. The van der Waals surface area contributed by atoms with Crippen LogP contribution in [0.2, 0.25) is 0 Å². The number of anilines is 2. The molecule has 0 saturated heterocycles. The second-order valence-corrected chi connectivity index (χ2v) is 3.49. The minimum absolute atomic E-state index is 0.0202. The first-order chi connectivity index (χ1) is 7.00. The Hall–Kier alpha value is -1.92. The van der Waals surface area contributed by atoms with E-state index >= 15 is 0 Å². The summed E-state index contributed by atoms with van der Waals surface area (Å²) in [5.41, 5.74) is 5.19. The van der Waals surface area contributed by atoms with Crippen LogP contribution in [0.5, 0.6) is 0 Å². The summed E-state index contributed by atoms with van der Waals surface area (Å²) < 4.78 is 0. The number of nitrogens with two attached hydrogens (primary N) is 1. The van der Waals surface area contributed by atoms with Crippen LogP contribution in [-0.4, -0.2) is 21.4 Å². The molecule has 0 amide bonds. The highest BCUT2D eigenvalue weighted by atomic mass is 16.6. The van der Waals surface area contributed by atoms with Crippen molar-refractivity contribution in [1.29, 1.82) is 0 Å². The molecule has 1 aromatic rings. The van der Waals surface area contributed by atoms with Crippen molar-refractivity contribution in [3.8, 4) is 0 Å². The summed E-state index contributed by atoms with van der Waals surface area (Å²) in [7, 11) is 0. The zero-order valence-corrected chi connectivity index (χ0v) is 8.60. The van der Waals surface area contributed by atoms with Gasteiger partial charge in [0, 0.05) is 6.54 Å². The summed E-state index contributed by atoms with van der Waals surface area (Å²) in [4.78, 5) is 17.4. The van der Waals surface area contributed by atoms with Crippen molar-refractivity contribution in [3.05, 3.63) is 16.3 Å². The SMILES string of the molecule is CC(C)CNc1nc(N)ncc1[N+](=O)[O-]. The molecule has 1 heterocycles. The van der Waals surface area contributed by atoms with E-state index < -0.39 is 4.92 Å². The Balaban J connectivity index is 2.92. The third-order valence-corrected chi connectivity index (χ3v) is 1.66. The molecule has 1 aromatic heterocycles. The highest BCUT2D eigenvalue weighted by molar-refractivity contribution is 5.56. The number of hydrogen-bond donors (Lipinski definition) is 2. The van der Waals surface area contributed by atoms with E-state index in [1.165, 1.54) is 0 Å². The van der Waals surface area contributed by atoms with E-state index in [-0.39, 0.29) is 17.5 Å². The molecular weight excluding hydrogens is 198 g/mol. The minimum atomic E-state index is -0.540. The highest BCUT2D eigenvalue weighted by Crippen LogP contribution is 2.20. The minimum Gasteiger partial charge on any atom is -0.368 e. The Morgan fingerprint density at radius 1 is 1.67 bits per heavy atom. The molecule has 0 unspecified atom stereocenters. The maximum Gasteiger partial charge on any atom is 0.329 e. The van der Waals surface area contributed by atoms with Crippen molar-refractivity contribution in [1.82, 2.24) is 9.97 Å². The smallest absolute Gasteiger partial charge is 0.329 e. The van der Waals surface area contributed by atoms with Gasteiger partial charge in [0.1, 0.15) is 6.20 Å². The van der Waals surface area contributed by atoms with E-state index in [1.807, 2.05) is 13.8 Å². The van der Waals surface area contributed by atoms with Gasteiger partial charge in [-0.1, -0.05) is 13.8 Å². The van der Waals surface area contributed by atoms with Gasteiger partial charge >= 0.3 is 5.69 Å². The number of rotatable bonds is 4. The van der Waals surface area contributed by atoms with E-state index in [9.17, 15) is 10.1 Å². The molecule has 0 fully saturated rings. The lowest BCUT2D eigenvalue weighted by molar-refractivity contribution is -0.384. The third-order valence-electron chi connectivity index (χ3n) is 1.66. The average molecular weight is 211 g/mol. The normalized spacial score (nSPS) is 10.3. The largest absolute Gasteiger partial charge is 0.368 e. The summed E-state index contributed by atoms with van der Waals surface area (Å²) in [5, 5.41) is 13.5. The monoisotopic (exact) mass is 211 g/mol. The van der Waals surface area contributed by atoms with Gasteiger partial charge in [-0.15, -0.1) is 0 Å². The van der Waals surface area contributed by atoms with E-state index in [0.29, 0.717) is 12.5 Å². The first-order valence-corrected chi connectivity index (χ1v) is 4.51. The molecule has 0 aliphatic heterocycles. The molecule has 0 aliphatic carbocycles. The highest BCUT2D eigenvalue weighted by Gasteiger charge is 2.16. The molecule has 82 valence electrons. The summed E-state index contributed by atoms with van der Waals surface area (Å²) >= 11 is 0. The molecule has 0 spiro atoms. The Labute approximate surface area is 86.9 Å². The first kappa shape index (κ1) is 11.2. The van der Waals surface area contributed by atoms with Crippen LogP contribution >= 0.6 is 0 Å². The Morgan fingerprint density at radius 2 is 2.33 bits per heavy atom. The summed E-state index contributed by atoms with van der Waals surface area (Å²) in [6, 6.07) is 0. The first-order valence-electron chi connectivity index (χ1n) is 4.51. The van der Waals surface area contributed by atoms with Gasteiger partial charge in [0.15, 0.2) is 0 Å². The molecule has 0 radical (unpaired) electrons. The molecule has 1 rings (SSSR count). The molecule has 7 heteroatoms. The van der Waals surface area contributed by atoms with Gasteiger partial charge in [0.25, 0.3) is 0 Å². The predicted molar refractivity (Wildman–Crippen MR) is 56.4 cm³/mol. The fourth-order valence-electron chi connectivity index (χ4n) is 0.954. The molecule has 0 aliphatic rings. The lowest BCUT2D eigenvalue weighted by atomic mass is 10.2. The summed E-state index contributed by atoms with van der Waals surface area (Å²) in [6.07, 6.45) is 1.10. The van der Waals surface area contributed by atoms with Gasteiger partial charge in [-0.05, 0) is 5.92 Å². The number of hydrogen-bond acceptors (Lipinski definition) is 6. The van der Waals surface area contributed by atoms with Crippen LogP contribution in [0.3, 0.4) is 0 Å². The van der Waals surface area contributed by atoms with E-state index in [2.05, 4.69) is 15.3 Å². The fourth-order valence-corrected chi connectivity index (χ4v) is 0.954. The standard InChI is InChI=1S/C8H13N5O2/c1-5(2)3-10-7-6(13(14)15)4-11-8(9)12-7/h4-5H,3H2,1-2H3,(H3,9,10,11,12). The van der Waals surface area contributed by atoms with Gasteiger partial charge in [0.05, 0.1) is 4.92 Å². The maximum atomic E-state index is 10.6. The van der Waals surface area contributed by atoms with Crippen molar-refractivity contribution >= 4 is 17.5 Å². The third kappa shape index (κ3) is 3.04. The zero-order chi connectivity index (χ0) is 11.4. The number of nitro groups is 1. The molecule has 7 nitrogen and oxygen atoms in total. The lowest BCUT2D eigenvalue weighted by Gasteiger charge is -2.08. The number of aromatic nitrogens is 2. The number of nitrogen functional groups attached to an aromatic ring is 1. The molecule has 0 aromatic carbocycles. The van der Waals surface area contributed by atoms with Crippen molar-refractivity contribution in [2.24, 2.45) is 5.92 Å². The zero-order valence-electron chi connectivity index (χ0n) is 8.60. The topological polar surface area (TPSA) is 107 Å².